The Labute approximate surface area is 110 Å². The molecule has 1 aliphatic rings. The maximum atomic E-state index is 12.1. The Morgan fingerprint density at radius 1 is 1.11 bits per heavy atom. The second-order valence-electron chi connectivity index (χ2n) is 4.23. The van der Waals surface area contributed by atoms with Crippen LogP contribution < -0.4 is 0 Å². The van der Waals surface area contributed by atoms with E-state index in [4.69, 9.17) is 5.11 Å². The van der Waals surface area contributed by atoms with Gasteiger partial charge in [-0.2, -0.15) is 13.2 Å². The van der Waals surface area contributed by atoms with Crippen molar-refractivity contribution in [2.24, 2.45) is 0 Å². The summed E-state index contributed by atoms with van der Waals surface area (Å²) in [5, 5.41) is 8.46. The number of hydrogen-bond donors (Lipinski definition) is 1. The monoisotopic (exact) mass is 290 g/mol. The molecule has 1 fully saturated rings. The van der Waals surface area contributed by atoms with Gasteiger partial charge in [-0.1, -0.05) is 0 Å². The van der Waals surface area contributed by atoms with E-state index >= 15 is 0 Å². The summed E-state index contributed by atoms with van der Waals surface area (Å²) >= 11 is 0. The summed E-state index contributed by atoms with van der Waals surface area (Å²) in [5.41, 5.74) is 0. The Balaban J connectivity index is 0.00000289. The molecule has 1 aliphatic heterocycles. The van der Waals surface area contributed by atoms with Crippen LogP contribution in [0.2, 0.25) is 0 Å². The van der Waals surface area contributed by atoms with Crippen LogP contribution in [0.15, 0.2) is 0 Å². The van der Waals surface area contributed by atoms with Gasteiger partial charge in [-0.15, -0.1) is 12.4 Å². The molecule has 0 aromatic heterocycles. The number of carboxylic acid groups (broad SMARTS) is 1. The van der Waals surface area contributed by atoms with Crippen LogP contribution in [-0.2, 0) is 4.79 Å². The molecule has 0 atom stereocenters. The molecule has 0 unspecified atom stereocenters. The van der Waals surface area contributed by atoms with Gasteiger partial charge in [-0.05, 0) is 13.0 Å². The highest BCUT2D eigenvalue weighted by molar-refractivity contribution is 5.85. The van der Waals surface area contributed by atoms with E-state index in [0.717, 1.165) is 0 Å². The minimum atomic E-state index is -4.13. The van der Waals surface area contributed by atoms with Gasteiger partial charge in [0, 0.05) is 32.6 Å². The van der Waals surface area contributed by atoms with Crippen molar-refractivity contribution in [1.82, 2.24) is 9.80 Å². The fourth-order valence-corrected chi connectivity index (χ4v) is 1.88. The molecule has 0 radical (unpaired) electrons. The summed E-state index contributed by atoms with van der Waals surface area (Å²) in [6, 6.07) is 0. The molecule has 0 spiro atoms. The van der Waals surface area contributed by atoms with Crippen LogP contribution >= 0.6 is 12.4 Å². The van der Waals surface area contributed by atoms with Crippen LogP contribution in [0.4, 0.5) is 13.2 Å². The third-order valence-corrected chi connectivity index (χ3v) is 2.73. The predicted octanol–water partition coefficient (Wildman–Crippen LogP) is 1.45. The van der Waals surface area contributed by atoms with E-state index in [2.05, 4.69) is 0 Å². The van der Waals surface area contributed by atoms with Crippen LogP contribution in [0.1, 0.15) is 12.8 Å². The third kappa shape index (κ3) is 7.73. The number of aliphatic carboxylic acids is 1. The Bertz CT molecular complexity index is 256. The lowest BCUT2D eigenvalue weighted by molar-refractivity contribution is -0.149. The van der Waals surface area contributed by atoms with E-state index in [1.807, 2.05) is 4.90 Å². The smallest absolute Gasteiger partial charge is 0.401 e. The number of alkyl halides is 3. The average molecular weight is 291 g/mol. The highest BCUT2D eigenvalue weighted by Gasteiger charge is 2.31. The number of hydrogen-bond acceptors (Lipinski definition) is 3. The summed E-state index contributed by atoms with van der Waals surface area (Å²) in [6.07, 6.45) is -3.47. The van der Waals surface area contributed by atoms with Gasteiger partial charge in [0.25, 0.3) is 0 Å². The first-order valence-electron chi connectivity index (χ1n) is 5.60. The molecule has 0 bridgehead atoms. The van der Waals surface area contributed by atoms with Crippen molar-refractivity contribution in [2.45, 2.75) is 19.0 Å². The standard InChI is InChI=1S/C10H17F3N2O2.ClH/c11-10(12,13)8-15-6-4-14(5-7-15)3-1-2-9(16)17;/h1-8H2,(H,16,17);1H. The zero-order chi connectivity index (χ0) is 12.9. The van der Waals surface area contributed by atoms with Crippen molar-refractivity contribution in [3.8, 4) is 0 Å². The van der Waals surface area contributed by atoms with E-state index in [0.29, 0.717) is 39.1 Å². The van der Waals surface area contributed by atoms with E-state index in [1.165, 1.54) is 4.90 Å². The highest BCUT2D eigenvalue weighted by Crippen LogP contribution is 2.17. The lowest BCUT2D eigenvalue weighted by Crippen LogP contribution is -2.49. The van der Waals surface area contributed by atoms with Gasteiger partial charge in [-0.25, -0.2) is 0 Å². The molecule has 0 amide bonds. The molecule has 108 valence electrons. The van der Waals surface area contributed by atoms with Gasteiger partial charge in [0.2, 0.25) is 0 Å². The lowest BCUT2D eigenvalue weighted by atomic mass is 10.2. The highest BCUT2D eigenvalue weighted by atomic mass is 35.5. The quantitative estimate of drug-likeness (QED) is 0.832. The zero-order valence-electron chi connectivity index (χ0n) is 9.95. The van der Waals surface area contributed by atoms with Crippen molar-refractivity contribution < 1.29 is 23.1 Å². The molecular formula is C10H18ClF3N2O2. The van der Waals surface area contributed by atoms with Crippen molar-refractivity contribution in [2.75, 3.05) is 39.3 Å². The number of halogens is 4. The largest absolute Gasteiger partial charge is 0.481 e. The van der Waals surface area contributed by atoms with Gasteiger partial charge in [0.1, 0.15) is 0 Å². The fourth-order valence-electron chi connectivity index (χ4n) is 1.88. The Morgan fingerprint density at radius 3 is 2.06 bits per heavy atom. The second-order valence-corrected chi connectivity index (χ2v) is 4.23. The molecule has 8 heteroatoms. The maximum Gasteiger partial charge on any atom is 0.401 e. The first-order valence-corrected chi connectivity index (χ1v) is 5.60. The van der Waals surface area contributed by atoms with Crippen LogP contribution in [0.25, 0.3) is 0 Å². The number of carbonyl (C=O) groups is 1. The molecule has 4 nitrogen and oxygen atoms in total. The lowest BCUT2D eigenvalue weighted by Gasteiger charge is -2.34. The van der Waals surface area contributed by atoms with Crippen molar-refractivity contribution in [1.29, 1.82) is 0 Å². The van der Waals surface area contributed by atoms with Gasteiger partial charge < -0.3 is 10.0 Å². The molecule has 0 aliphatic carbocycles. The number of piperazine rings is 1. The molecule has 0 saturated carbocycles. The summed E-state index contributed by atoms with van der Waals surface area (Å²) in [7, 11) is 0. The molecule has 0 aromatic carbocycles. The summed E-state index contributed by atoms with van der Waals surface area (Å²) in [4.78, 5) is 13.7. The summed E-state index contributed by atoms with van der Waals surface area (Å²) in [5.74, 6) is -0.833. The van der Waals surface area contributed by atoms with Crippen LogP contribution in [0.5, 0.6) is 0 Å². The van der Waals surface area contributed by atoms with Gasteiger partial charge in [-0.3, -0.25) is 9.69 Å². The summed E-state index contributed by atoms with van der Waals surface area (Å²) in [6.45, 7) is 1.74. The minimum Gasteiger partial charge on any atom is -0.481 e. The number of nitrogens with zero attached hydrogens (tertiary/aromatic N) is 2. The number of rotatable bonds is 5. The molecule has 1 rings (SSSR count). The molecule has 18 heavy (non-hydrogen) atoms. The fraction of sp³-hybridized carbons (Fsp3) is 0.900. The van der Waals surface area contributed by atoms with Gasteiger partial charge >= 0.3 is 12.1 Å². The molecule has 1 heterocycles. The third-order valence-electron chi connectivity index (χ3n) is 2.73. The van der Waals surface area contributed by atoms with E-state index in [1.54, 1.807) is 0 Å². The maximum absolute atomic E-state index is 12.1. The van der Waals surface area contributed by atoms with Crippen molar-refractivity contribution in [3.63, 3.8) is 0 Å². The van der Waals surface area contributed by atoms with Crippen molar-refractivity contribution >= 4 is 18.4 Å². The predicted molar refractivity (Wildman–Crippen MR) is 63.1 cm³/mol. The molecule has 0 aromatic rings. The second kappa shape index (κ2) is 7.81. The Hall–Kier alpha value is -0.530. The minimum absolute atomic E-state index is 0. The van der Waals surface area contributed by atoms with E-state index < -0.39 is 18.7 Å². The van der Waals surface area contributed by atoms with Crippen LogP contribution in [0, 0.1) is 0 Å². The first kappa shape index (κ1) is 17.5. The topological polar surface area (TPSA) is 43.8 Å². The van der Waals surface area contributed by atoms with E-state index in [9.17, 15) is 18.0 Å². The van der Waals surface area contributed by atoms with Crippen LogP contribution in [0.3, 0.4) is 0 Å². The SMILES string of the molecule is Cl.O=C(O)CCCN1CCN(CC(F)(F)F)CC1. The normalized spacial score (nSPS) is 18.4. The Morgan fingerprint density at radius 2 is 1.61 bits per heavy atom. The number of carboxylic acids is 1. The molecule has 1 saturated heterocycles. The first-order chi connectivity index (χ1) is 7.87. The van der Waals surface area contributed by atoms with Gasteiger partial charge in [0.05, 0.1) is 6.54 Å². The van der Waals surface area contributed by atoms with Gasteiger partial charge in [0.15, 0.2) is 0 Å². The van der Waals surface area contributed by atoms with Crippen LogP contribution in [-0.4, -0.2) is 66.3 Å². The summed E-state index contributed by atoms with van der Waals surface area (Å²) < 4.78 is 36.3. The molecular weight excluding hydrogens is 273 g/mol. The molecule has 1 N–H and O–H groups in total. The average Bonchev–Trinajstić information content (AvgIpc) is 2.18. The van der Waals surface area contributed by atoms with Crippen molar-refractivity contribution in [3.05, 3.63) is 0 Å². The zero-order valence-corrected chi connectivity index (χ0v) is 10.8. The van der Waals surface area contributed by atoms with E-state index in [-0.39, 0.29) is 18.8 Å². The Kier molecular flexibility index (Phi) is 7.58.